The molecule has 2 rings (SSSR count). The fraction of sp³-hybridized carbons (Fsp3) is 0.333. The molecule has 0 spiro atoms. The van der Waals surface area contributed by atoms with E-state index in [1.165, 1.54) is 0 Å². The summed E-state index contributed by atoms with van der Waals surface area (Å²) in [6.07, 6.45) is 0.314. The van der Waals surface area contributed by atoms with E-state index in [1.54, 1.807) is 17.0 Å². The van der Waals surface area contributed by atoms with Crippen LogP contribution in [0.4, 0.5) is 0 Å². The zero-order valence-corrected chi connectivity index (χ0v) is 14.8. The van der Waals surface area contributed by atoms with Crippen LogP contribution < -0.4 is 4.74 Å². The van der Waals surface area contributed by atoms with Gasteiger partial charge in [0.2, 0.25) is 0 Å². The van der Waals surface area contributed by atoms with Gasteiger partial charge in [0.15, 0.2) is 0 Å². The first kappa shape index (κ1) is 18.5. The van der Waals surface area contributed by atoms with Gasteiger partial charge in [-0.15, -0.1) is 0 Å². The van der Waals surface area contributed by atoms with Crippen molar-refractivity contribution in [2.45, 2.75) is 26.8 Å². The summed E-state index contributed by atoms with van der Waals surface area (Å²) < 4.78 is 5.66. The first-order chi connectivity index (χ1) is 12.1. The van der Waals surface area contributed by atoms with E-state index < -0.39 is 0 Å². The van der Waals surface area contributed by atoms with Gasteiger partial charge >= 0.3 is 0 Å². The molecule has 2 aromatic rings. The summed E-state index contributed by atoms with van der Waals surface area (Å²) in [5, 5.41) is 8.87. The number of nitriles is 1. The van der Waals surface area contributed by atoms with Crippen LogP contribution in [-0.4, -0.2) is 24.0 Å². The van der Waals surface area contributed by atoms with E-state index in [0.29, 0.717) is 37.6 Å². The lowest BCUT2D eigenvalue weighted by Crippen LogP contribution is -2.31. The monoisotopic (exact) mass is 336 g/mol. The van der Waals surface area contributed by atoms with E-state index >= 15 is 0 Å². The van der Waals surface area contributed by atoms with Crippen molar-refractivity contribution in [1.29, 1.82) is 5.26 Å². The predicted molar refractivity (Wildman–Crippen MR) is 98.2 cm³/mol. The van der Waals surface area contributed by atoms with Gasteiger partial charge in [0, 0.05) is 18.7 Å². The van der Waals surface area contributed by atoms with Gasteiger partial charge in [0.05, 0.1) is 19.1 Å². The molecular formula is C21H24N2O2. The van der Waals surface area contributed by atoms with Crippen molar-refractivity contribution in [3.05, 3.63) is 65.7 Å². The van der Waals surface area contributed by atoms with Gasteiger partial charge in [0.25, 0.3) is 5.91 Å². The number of carbonyl (C=O) groups is 1. The van der Waals surface area contributed by atoms with Crippen LogP contribution in [0.5, 0.6) is 5.75 Å². The number of nitrogens with zero attached hydrogens (tertiary/aromatic N) is 2. The normalized spacial score (nSPS) is 10.3. The number of hydrogen-bond acceptors (Lipinski definition) is 3. The molecule has 0 aliphatic heterocycles. The minimum absolute atomic E-state index is 0.0745. The third-order valence-corrected chi connectivity index (χ3v) is 3.68. The molecule has 0 aliphatic carbocycles. The Balaban J connectivity index is 2.08. The molecule has 0 atom stereocenters. The van der Waals surface area contributed by atoms with Gasteiger partial charge in [0.1, 0.15) is 5.75 Å². The number of amides is 1. The molecule has 0 fully saturated rings. The third kappa shape index (κ3) is 5.96. The van der Waals surface area contributed by atoms with E-state index in [9.17, 15) is 4.79 Å². The van der Waals surface area contributed by atoms with Crippen LogP contribution in [0.3, 0.4) is 0 Å². The summed E-state index contributed by atoms with van der Waals surface area (Å²) in [7, 11) is 0. The second kappa shape index (κ2) is 9.48. The molecular weight excluding hydrogens is 312 g/mol. The molecule has 0 saturated carbocycles. The van der Waals surface area contributed by atoms with Gasteiger partial charge in [-0.05, 0) is 35.7 Å². The Morgan fingerprint density at radius 2 is 1.80 bits per heavy atom. The highest BCUT2D eigenvalue weighted by Crippen LogP contribution is 2.16. The van der Waals surface area contributed by atoms with Gasteiger partial charge in [-0.2, -0.15) is 5.26 Å². The van der Waals surface area contributed by atoms with E-state index in [2.05, 4.69) is 19.9 Å². The van der Waals surface area contributed by atoms with E-state index in [4.69, 9.17) is 10.00 Å². The quantitative estimate of drug-likeness (QED) is 0.723. The van der Waals surface area contributed by atoms with Crippen LogP contribution in [0.2, 0.25) is 0 Å². The maximum atomic E-state index is 12.8. The van der Waals surface area contributed by atoms with Crippen LogP contribution in [-0.2, 0) is 6.54 Å². The van der Waals surface area contributed by atoms with E-state index in [0.717, 1.165) is 11.3 Å². The number of carbonyl (C=O) groups excluding carboxylic acids is 1. The minimum atomic E-state index is -0.0745. The Labute approximate surface area is 149 Å². The molecule has 0 N–H and O–H groups in total. The second-order valence-corrected chi connectivity index (χ2v) is 6.35. The molecule has 25 heavy (non-hydrogen) atoms. The largest absolute Gasteiger partial charge is 0.493 e. The third-order valence-electron chi connectivity index (χ3n) is 3.68. The van der Waals surface area contributed by atoms with Gasteiger partial charge in [-0.3, -0.25) is 4.79 Å². The highest BCUT2D eigenvalue weighted by atomic mass is 16.5. The molecule has 130 valence electrons. The van der Waals surface area contributed by atoms with Crippen molar-refractivity contribution in [1.82, 2.24) is 4.90 Å². The number of benzene rings is 2. The molecule has 0 unspecified atom stereocenters. The molecule has 0 heterocycles. The summed E-state index contributed by atoms with van der Waals surface area (Å²) in [6, 6.07) is 19.1. The summed E-state index contributed by atoms with van der Waals surface area (Å²) in [4.78, 5) is 14.5. The molecule has 4 nitrogen and oxygen atoms in total. The summed E-state index contributed by atoms with van der Waals surface area (Å²) in [5.41, 5.74) is 1.65. The lowest BCUT2D eigenvalue weighted by molar-refractivity contribution is 0.0747. The Hall–Kier alpha value is -2.80. The Kier molecular flexibility index (Phi) is 7.03. The van der Waals surface area contributed by atoms with Crippen LogP contribution in [0.15, 0.2) is 54.6 Å². The molecule has 0 aromatic heterocycles. The van der Waals surface area contributed by atoms with Gasteiger partial charge < -0.3 is 9.64 Å². The lowest BCUT2D eigenvalue weighted by Gasteiger charge is -2.22. The topological polar surface area (TPSA) is 53.3 Å². The standard InChI is InChI=1S/C21H24N2O2/c1-17(2)16-25-20-11-9-19(10-12-20)21(24)23(14-6-13-22)15-18-7-4-3-5-8-18/h3-5,7-12,17H,6,14-16H2,1-2H3. The summed E-state index contributed by atoms with van der Waals surface area (Å²) in [6.45, 7) is 5.74. The molecule has 0 aliphatic rings. The van der Waals surface area contributed by atoms with E-state index in [-0.39, 0.29) is 5.91 Å². The average molecular weight is 336 g/mol. The smallest absolute Gasteiger partial charge is 0.254 e. The van der Waals surface area contributed by atoms with E-state index in [1.807, 2.05) is 42.5 Å². The minimum Gasteiger partial charge on any atom is -0.493 e. The predicted octanol–water partition coefficient (Wildman–Crippen LogP) is 4.28. The first-order valence-corrected chi connectivity index (χ1v) is 8.53. The van der Waals surface area contributed by atoms with Crippen molar-refractivity contribution < 1.29 is 9.53 Å². The van der Waals surface area contributed by atoms with Crippen molar-refractivity contribution in [2.24, 2.45) is 5.92 Å². The zero-order valence-electron chi connectivity index (χ0n) is 14.8. The Morgan fingerprint density at radius 1 is 1.12 bits per heavy atom. The molecule has 0 saturated heterocycles. The Bertz CT molecular complexity index is 703. The maximum absolute atomic E-state index is 12.8. The number of ether oxygens (including phenoxy) is 1. The summed E-state index contributed by atoms with van der Waals surface area (Å²) in [5.74, 6) is 1.14. The highest BCUT2D eigenvalue weighted by molar-refractivity contribution is 5.94. The van der Waals surface area contributed by atoms with Gasteiger partial charge in [-0.25, -0.2) is 0 Å². The SMILES string of the molecule is CC(C)COc1ccc(C(=O)N(CCC#N)Cc2ccccc2)cc1. The maximum Gasteiger partial charge on any atom is 0.254 e. The Morgan fingerprint density at radius 3 is 2.40 bits per heavy atom. The number of rotatable bonds is 8. The highest BCUT2D eigenvalue weighted by Gasteiger charge is 2.16. The summed E-state index contributed by atoms with van der Waals surface area (Å²) >= 11 is 0. The molecule has 2 aromatic carbocycles. The second-order valence-electron chi connectivity index (χ2n) is 6.35. The molecule has 1 amide bonds. The van der Waals surface area contributed by atoms with Crippen LogP contribution in [0.25, 0.3) is 0 Å². The van der Waals surface area contributed by atoms with Crippen molar-refractivity contribution in [2.75, 3.05) is 13.2 Å². The fourth-order valence-electron chi connectivity index (χ4n) is 2.38. The molecule has 0 radical (unpaired) electrons. The van der Waals surface area contributed by atoms with Crippen LogP contribution in [0.1, 0.15) is 36.2 Å². The van der Waals surface area contributed by atoms with Crippen LogP contribution in [0, 0.1) is 17.2 Å². The molecule has 0 bridgehead atoms. The average Bonchev–Trinajstić information content (AvgIpc) is 2.64. The molecule has 4 heteroatoms. The number of hydrogen-bond donors (Lipinski definition) is 0. The van der Waals surface area contributed by atoms with Crippen molar-refractivity contribution >= 4 is 5.91 Å². The van der Waals surface area contributed by atoms with Crippen molar-refractivity contribution in [3.63, 3.8) is 0 Å². The van der Waals surface area contributed by atoms with Gasteiger partial charge in [-0.1, -0.05) is 44.2 Å². The van der Waals surface area contributed by atoms with Crippen LogP contribution >= 0.6 is 0 Å². The first-order valence-electron chi connectivity index (χ1n) is 8.53. The zero-order chi connectivity index (χ0) is 18.1. The van der Waals surface area contributed by atoms with Crippen molar-refractivity contribution in [3.8, 4) is 11.8 Å². The lowest BCUT2D eigenvalue weighted by atomic mass is 10.1. The fourth-order valence-corrected chi connectivity index (χ4v) is 2.38.